The third-order valence-corrected chi connectivity index (χ3v) is 6.79. The third-order valence-electron chi connectivity index (χ3n) is 6.79. The van der Waals surface area contributed by atoms with E-state index in [0.717, 1.165) is 36.0 Å². The van der Waals surface area contributed by atoms with Crippen LogP contribution in [-0.2, 0) is 6.54 Å². The van der Waals surface area contributed by atoms with Crippen LogP contribution in [0.25, 0.3) is 22.3 Å². The first-order valence-corrected chi connectivity index (χ1v) is 12.3. The van der Waals surface area contributed by atoms with Crippen LogP contribution in [0, 0.1) is 5.92 Å². The summed E-state index contributed by atoms with van der Waals surface area (Å²) in [6, 6.07) is 27.6. The Labute approximate surface area is 202 Å². The summed E-state index contributed by atoms with van der Waals surface area (Å²) in [6.45, 7) is 4.41. The van der Waals surface area contributed by atoms with Gasteiger partial charge in [-0.15, -0.1) is 0 Å². The minimum absolute atomic E-state index is 0.780. The molecule has 0 radical (unpaired) electrons. The van der Waals surface area contributed by atoms with E-state index in [1.807, 2.05) is 24.7 Å². The molecule has 4 heteroatoms. The molecule has 2 aromatic carbocycles. The highest BCUT2D eigenvalue weighted by molar-refractivity contribution is 5.84. The fraction of sp³-hybridized carbons (Fsp3) is 0.267. The van der Waals surface area contributed by atoms with Crippen LogP contribution in [0.2, 0.25) is 0 Å². The molecule has 0 atom stereocenters. The molecule has 5 rings (SSSR count). The predicted molar refractivity (Wildman–Crippen MR) is 140 cm³/mol. The average Bonchev–Trinajstić information content (AvgIpc) is 2.91. The summed E-state index contributed by atoms with van der Waals surface area (Å²) >= 11 is 0. The fourth-order valence-corrected chi connectivity index (χ4v) is 4.85. The molecular formula is C30H32N4. The molecule has 1 aliphatic heterocycles. The molecule has 172 valence electrons. The summed E-state index contributed by atoms with van der Waals surface area (Å²) in [4.78, 5) is 11.5. The predicted octanol–water partition coefficient (Wildman–Crippen LogP) is 6.52. The Morgan fingerprint density at radius 2 is 1.47 bits per heavy atom. The molecule has 0 aliphatic carbocycles. The first kappa shape index (κ1) is 22.3. The van der Waals surface area contributed by atoms with E-state index in [0.29, 0.717) is 0 Å². The van der Waals surface area contributed by atoms with Gasteiger partial charge in [-0.1, -0.05) is 60.7 Å². The number of anilines is 1. The number of piperidine rings is 1. The van der Waals surface area contributed by atoms with Crippen molar-refractivity contribution < 1.29 is 0 Å². The van der Waals surface area contributed by atoms with E-state index in [4.69, 9.17) is 4.98 Å². The molecule has 0 amide bonds. The average molecular weight is 449 g/mol. The lowest BCUT2D eigenvalue weighted by Crippen LogP contribution is -2.33. The van der Waals surface area contributed by atoms with Gasteiger partial charge in [0.15, 0.2) is 0 Å². The summed E-state index contributed by atoms with van der Waals surface area (Å²) < 4.78 is 0. The number of benzene rings is 2. The quantitative estimate of drug-likeness (QED) is 0.333. The molecule has 1 aliphatic rings. The molecule has 4 nitrogen and oxygen atoms in total. The largest absolute Gasteiger partial charge is 0.370 e. The second-order valence-electron chi connectivity index (χ2n) is 9.14. The summed E-state index contributed by atoms with van der Waals surface area (Å²) in [5.74, 6) is 1.72. The van der Waals surface area contributed by atoms with Gasteiger partial charge in [0.05, 0.1) is 0 Å². The Hall–Kier alpha value is -3.50. The van der Waals surface area contributed by atoms with Gasteiger partial charge < -0.3 is 5.32 Å². The van der Waals surface area contributed by atoms with Gasteiger partial charge in [0.2, 0.25) is 0 Å². The van der Waals surface area contributed by atoms with E-state index in [-0.39, 0.29) is 0 Å². The van der Waals surface area contributed by atoms with Crippen LogP contribution in [0.5, 0.6) is 0 Å². The lowest BCUT2D eigenvalue weighted by atomic mass is 9.93. The normalized spacial score (nSPS) is 14.7. The minimum atomic E-state index is 0.780. The van der Waals surface area contributed by atoms with Gasteiger partial charge in [0, 0.05) is 37.2 Å². The van der Waals surface area contributed by atoms with Crippen LogP contribution in [0.1, 0.15) is 24.8 Å². The lowest BCUT2D eigenvalue weighted by Gasteiger charge is -2.32. The maximum Gasteiger partial charge on any atom is 0.126 e. The standard InChI is InChI=1S/C30H32N4/c1-3-7-25(8-4-1)23-34-19-14-24(15-20-34)11-18-32-30-21-28(27-12-16-31-17-13-27)29(22-33-30)26-9-5-2-6-10-26/h1-10,12-13,16-17,21-22,24H,11,14-15,18-20,23H2,(H,32,33). The number of nitrogens with zero attached hydrogens (tertiary/aromatic N) is 3. The zero-order valence-corrected chi connectivity index (χ0v) is 19.6. The maximum atomic E-state index is 4.75. The first-order chi connectivity index (χ1) is 16.8. The number of aromatic nitrogens is 2. The summed E-state index contributed by atoms with van der Waals surface area (Å²) in [5, 5.41) is 3.59. The van der Waals surface area contributed by atoms with Gasteiger partial charge >= 0.3 is 0 Å². The van der Waals surface area contributed by atoms with Crippen molar-refractivity contribution in [1.82, 2.24) is 14.9 Å². The minimum Gasteiger partial charge on any atom is -0.370 e. The molecule has 1 fully saturated rings. The second kappa shape index (κ2) is 11.1. The van der Waals surface area contributed by atoms with Crippen LogP contribution in [0.15, 0.2) is 97.5 Å². The van der Waals surface area contributed by atoms with Crippen molar-refractivity contribution in [3.63, 3.8) is 0 Å². The fourth-order valence-electron chi connectivity index (χ4n) is 4.85. The first-order valence-electron chi connectivity index (χ1n) is 12.3. The van der Waals surface area contributed by atoms with Crippen LogP contribution < -0.4 is 5.32 Å². The smallest absolute Gasteiger partial charge is 0.126 e. The number of rotatable bonds is 8. The molecule has 3 heterocycles. The zero-order chi connectivity index (χ0) is 23.0. The SMILES string of the molecule is c1ccc(CN2CCC(CCNc3cc(-c4ccncc4)c(-c4ccccc4)cn3)CC2)cc1. The van der Waals surface area contributed by atoms with Crippen molar-refractivity contribution in [3.8, 4) is 22.3 Å². The van der Waals surface area contributed by atoms with E-state index < -0.39 is 0 Å². The molecule has 1 saturated heterocycles. The monoisotopic (exact) mass is 448 g/mol. The van der Waals surface area contributed by atoms with Gasteiger partial charge in [-0.3, -0.25) is 9.88 Å². The summed E-state index contributed by atoms with van der Waals surface area (Å²) in [5.41, 5.74) is 6.07. The Morgan fingerprint density at radius 1 is 0.794 bits per heavy atom. The molecule has 0 saturated carbocycles. The van der Waals surface area contributed by atoms with E-state index in [1.165, 1.54) is 49.0 Å². The van der Waals surface area contributed by atoms with Gasteiger partial charge in [-0.2, -0.15) is 0 Å². The van der Waals surface area contributed by atoms with Crippen molar-refractivity contribution in [2.24, 2.45) is 5.92 Å². The Kier molecular flexibility index (Phi) is 7.27. The molecule has 0 unspecified atom stereocenters. The van der Waals surface area contributed by atoms with Crippen LogP contribution in [-0.4, -0.2) is 34.5 Å². The van der Waals surface area contributed by atoms with Crippen molar-refractivity contribution >= 4 is 5.82 Å². The Morgan fingerprint density at radius 3 is 2.21 bits per heavy atom. The number of pyridine rings is 2. The van der Waals surface area contributed by atoms with E-state index in [9.17, 15) is 0 Å². The maximum absolute atomic E-state index is 4.75. The van der Waals surface area contributed by atoms with Gasteiger partial charge in [0.1, 0.15) is 5.82 Å². The topological polar surface area (TPSA) is 41.0 Å². The van der Waals surface area contributed by atoms with Gasteiger partial charge in [-0.25, -0.2) is 4.98 Å². The number of likely N-dealkylation sites (tertiary alicyclic amines) is 1. The zero-order valence-electron chi connectivity index (χ0n) is 19.6. The molecule has 2 aromatic heterocycles. The Bertz CT molecular complexity index is 1150. The highest BCUT2D eigenvalue weighted by Gasteiger charge is 2.19. The van der Waals surface area contributed by atoms with E-state index in [2.05, 4.69) is 88.0 Å². The van der Waals surface area contributed by atoms with E-state index in [1.54, 1.807) is 0 Å². The molecule has 4 aromatic rings. The second-order valence-corrected chi connectivity index (χ2v) is 9.14. The lowest BCUT2D eigenvalue weighted by molar-refractivity contribution is 0.174. The molecule has 0 spiro atoms. The van der Waals surface area contributed by atoms with Crippen LogP contribution in [0.4, 0.5) is 5.82 Å². The van der Waals surface area contributed by atoms with Crippen molar-refractivity contribution in [2.45, 2.75) is 25.8 Å². The highest BCUT2D eigenvalue weighted by Crippen LogP contribution is 2.33. The molecule has 0 bridgehead atoms. The van der Waals surface area contributed by atoms with Crippen LogP contribution in [0.3, 0.4) is 0 Å². The van der Waals surface area contributed by atoms with E-state index >= 15 is 0 Å². The highest BCUT2D eigenvalue weighted by atomic mass is 15.1. The van der Waals surface area contributed by atoms with Crippen molar-refractivity contribution in [3.05, 3.63) is 103 Å². The summed E-state index contributed by atoms with van der Waals surface area (Å²) in [7, 11) is 0. The number of hydrogen-bond donors (Lipinski definition) is 1. The van der Waals surface area contributed by atoms with Crippen molar-refractivity contribution in [1.29, 1.82) is 0 Å². The van der Waals surface area contributed by atoms with Crippen LogP contribution >= 0.6 is 0 Å². The number of nitrogens with one attached hydrogen (secondary N) is 1. The third kappa shape index (κ3) is 5.70. The van der Waals surface area contributed by atoms with Crippen molar-refractivity contribution in [2.75, 3.05) is 25.0 Å². The molecule has 1 N–H and O–H groups in total. The Balaban J connectivity index is 1.18. The molecular weight excluding hydrogens is 416 g/mol. The summed E-state index contributed by atoms with van der Waals surface area (Å²) in [6.07, 6.45) is 9.43. The van der Waals surface area contributed by atoms with Gasteiger partial charge in [0.25, 0.3) is 0 Å². The van der Waals surface area contributed by atoms with Gasteiger partial charge in [-0.05, 0) is 78.7 Å². The molecule has 34 heavy (non-hydrogen) atoms. The number of hydrogen-bond acceptors (Lipinski definition) is 4.